The fraction of sp³-hybridized carbons (Fsp3) is 0.625. The number of nitrogens with zero attached hydrogens (tertiary/aromatic N) is 1. The molecule has 0 aromatic heterocycles. The number of para-hydroxylation sites is 1. The average Bonchev–Trinajstić information content (AvgIpc) is 2.79. The van der Waals surface area contributed by atoms with Gasteiger partial charge in [0.2, 0.25) is 11.8 Å². The highest BCUT2D eigenvalue weighted by atomic mass is 16.2. The summed E-state index contributed by atoms with van der Waals surface area (Å²) in [5.41, 5.74) is 0.806. The second kappa shape index (κ2) is 13.1. The van der Waals surface area contributed by atoms with Crippen molar-refractivity contribution in [1.29, 1.82) is 0 Å². The van der Waals surface area contributed by atoms with Crippen LogP contribution in [0.1, 0.15) is 57.8 Å². The van der Waals surface area contributed by atoms with Crippen molar-refractivity contribution in [3.63, 3.8) is 0 Å². The SMILES string of the molecule is O=C(CN1CCC(NC(=O)CCCNC(=O)NC2CCCCC2)CC1)Nc1ccccc1. The van der Waals surface area contributed by atoms with Crippen LogP contribution in [-0.4, -0.2) is 61.0 Å². The lowest BCUT2D eigenvalue weighted by Crippen LogP contribution is -2.46. The minimum Gasteiger partial charge on any atom is -0.353 e. The van der Waals surface area contributed by atoms with Gasteiger partial charge in [0.1, 0.15) is 0 Å². The molecule has 1 aromatic rings. The Kier molecular flexibility index (Phi) is 9.81. The zero-order valence-electron chi connectivity index (χ0n) is 18.9. The van der Waals surface area contributed by atoms with Crippen molar-refractivity contribution in [3.05, 3.63) is 30.3 Å². The Morgan fingerprint density at radius 3 is 2.25 bits per heavy atom. The van der Waals surface area contributed by atoms with E-state index in [4.69, 9.17) is 0 Å². The number of carbonyl (C=O) groups excluding carboxylic acids is 3. The Bertz CT molecular complexity index is 728. The molecule has 0 spiro atoms. The van der Waals surface area contributed by atoms with Crippen molar-refractivity contribution >= 4 is 23.5 Å². The summed E-state index contributed by atoms with van der Waals surface area (Å²) < 4.78 is 0. The van der Waals surface area contributed by atoms with Crippen LogP contribution in [0.2, 0.25) is 0 Å². The molecule has 176 valence electrons. The van der Waals surface area contributed by atoms with Crippen LogP contribution in [0.4, 0.5) is 10.5 Å². The Morgan fingerprint density at radius 2 is 1.53 bits per heavy atom. The molecule has 1 aromatic carbocycles. The zero-order chi connectivity index (χ0) is 22.6. The number of anilines is 1. The highest BCUT2D eigenvalue weighted by molar-refractivity contribution is 5.92. The van der Waals surface area contributed by atoms with E-state index in [1.807, 2.05) is 30.3 Å². The predicted octanol–water partition coefficient (Wildman–Crippen LogP) is 2.62. The van der Waals surface area contributed by atoms with Gasteiger partial charge < -0.3 is 21.3 Å². The molecule has 4 N–H and O–H groups in total. The number of carbonyl (C=O) groups is 3. The summed E-state index contributed by atoms with van der Waals surface area (Å²) in [6.45, 7) is 2.44. The van der Waals surface area contributed by atoms with Gasteiger partial charge in [0.15, 0.2) is 0 Å². The third-order valence-electron chi connectivity index (χ3n) is 6.18. The molecular formula is C24H37N5O3. The van der Waals surface area contributed by atoms with E-state index >= 15 is 0 Å². The molecule has 2 aliphatic rings. The molecule has 1 saturated carbocycles. The highest BCUT2D eigenvalue weighted by Gasteiger charge is 2.22. The molecule has 0 atom stereocenters. The lowest BCUT2D eigenvalue weighted by atomic mass is 9.96. The van der Waals surface area contributed by atoms with Crippen molar-refractivity contribution in [2.24, 2.45) is 0 Å². The van der Waals surface area contributed by atoms with Crippen LogP contribution in [-0.2, 0) is 9.59 Å². The van der Waals surface area contributed by atoms with Crippen LogP contribution in [0.25, 0.3) is 0 Å². The van der Waals surface area contributed by atoms with Gasteiger partial charge >= 0.3 is 6.03 Å². The Labute approximate surface area is 190 Å². The smallest absolute Gasteiger partial charge is 0.315 e. The summed E-state index contributed by atoms with van der Waals surface area (Å²) in [4.78, 5) is 38.5. The number of urea groups is 1. The zero-order valence-corrected chi connectivity index (χ0v) is 18.9. The van der Waals surface area contributed by atoms with Crippen LogP contribution in [0.15, 0.2) is 30.3 Å². The minimum absolute atomic E-state index is 0.0151. The number of rotatable bonds is 9. The normalized spacial score (nSPS) is 18.0. The van der Waals surface area contributed by atoms with E-state index in [1.165, 1.54) is 19.3 Å². The first-order chi connectivity index (χ1) is 15.6. The van der Waals surface area contributed by atoms with E-state index in [2.05, 4.69) is 26.2 Å². The van der Waals surface area contributed by atoms with Crippen molar-refractivity contribution in [1.82, 2.24) is 20.9 Å². The monoisotopic (exact) mass is 443 g/mol. The molecular weight excluding hydrogens is 406 g/mol. The molecule has 3 rings (SSSR count). The molecule has 8 heteroatoms. The number of hydrogen-bond acceptors (Lipinski definition) is 4. The molecule has 0 bridgehead atoms. The van der Waals surface area contributed by atoms with Crippen molar-refractivity contribution in [2.45, 2.75) is 69.9 Å². The standard InChI is InChI=1S/C24H37N5O3/c30-22(12-7-15-25-24(32)28-20-10-5-2-6-11-20)26-21-13-16-29(17-14-21)18-23(31)27-19-8-3-1-4-9-19/h1,3-4,8-9,20-21H,2,5-7,10-18H2,(H,26,30)(H,27,31)(H2,25,28,32). The first kappa shape index (κ1) is 24.0. The van der Waals surface area contributed by atoms with Crippen LogP contribution in [0, 0.1) is 0 Å². The Morgan fingerprint density at radius 1 is 0.844 bits per heavy atom. The summed E-state index contributed by atoms with van der Waals surface area (Å²) >= 11 is 0. The lowest BCUT2D eigenvalue weighted by molar-refractivity contribution is -0.122. The third kappa shape index (κ3) is 8.86. The number of nitrogens with one attached hydrogen (secondary N) is 4. The maximum absolute atomic E-state index is 12.2. The predicted molar refractivity (Wildman–Crippen MR) is 125 cm³/mol. The van der Waals surface area contributed by atoms with Gasteiger partial charge in [0.05, 0.1) is 6.54 Å². The average molecular weight is 444 g/mol. The van der Waals surface area contributed by atoms with E-state index < -0.39 is 0 Å². The molecule has 8 nitrogen and oxygen atoms in total. The Hall–Kier alpha value is -2.61. The molecule has 1 saturated heterocycles. The van der Waals surface area contributed by atoms with Crippen molar-refractivity contribution < 1.29 is 14.4 Å². The molecule has 0 radical (unpaired) electrons. The number of benzene rings is 1. The molecule has 0 unspecified atom stereocenters. The van der Waals surface area contributed by atoms with Gasteiger partial charge in [-0.05, 0) is 44.2 Å². The maximum atomic E-state index is 12.2. The summed E-state index contributed by atoms with van der Waals surface area (Å²) in [7, 11) is 0. The summed E-state index contributed by atoms with van der Waals surface area (Å²) in [5.74, 6) is 0.0125. The van der Waals surface area contributed by atoms with E-state index in [9.17, 15) is 14.4 Å². The van der Waals surface area contributed by atoms with E-state index in [-0.39, 0.29) is 23.9 Å². The van der Waals surface area contributed by atoms with Crippen LogP contribution < -0.4 is 21.3 Å². The minimum atomic E-state index is -0.124. The van der Waals surface area contributed by atoms with E-state index in [0.29, 0.717) is 32.0 Å². The fourth-order valence-electron chi connectivity index (χ4n) is 4.39. The fourth-order valence-corrected chi connectivity index (χ4v) is 4.39. The van der Waals surface area contributed by atoms with Gasteiger partial charge in [-0.1, -0.05) is 37.5 Å². The molecule has 1 aliphatic heterocycles. The molecule has 1 aliphatic carbocycles. The second-order valence-corrected chi connectivity index (χ2v) is 8.87. The third-order valence-corrected chi connectivity index (χ3v) is 6.18. The topological polar surface area (TPSA) is 103 Å². The lowest BCUT2D eigenvalue weighted by Gasteiger charge is -2.31. The largest absolute Gasteiger partial charge is 0.353 e. The first-order valence-electron chi connectivity index (χ1n) is 12.0. The second-order valence-electron chi connectivity index (χ2n) is 8.87. The van der Waals surface area contributed by atoms with Gasteiger partial charge in [-0.3, -0.25) is 14.5 Å². The summed E-state index contributed by atoms with van der Waals surface area (Å²) in [6.07, 6.45) is 8.47. The number of likely N-dealkylation sites (tertiary alicyclic amines) is 1. The van der Waals surface area contributed by atoms with Gasteiger partial charge in [-0.15, -0.1) is 0 Å². The summed E-state index contributed by atoms with van der Waals surface area (Å²) in [5, 5.41) is 11.9. The molecule has 2 fully saturated rings. The van der Waals surface area contributed by atoms with Crippen molar-refractivity contribution in [3.8, 4) is 0 Å². The Balaban J connectivity index is 1.22. The van der Waals surface area contributed by atoms with E-state index in [1.54, 1.807) is 0 Å². The molecule has 4 amide bonds. The van der Waals surface area contributed by atoms with Gasteiger partial charge in [0, 0.05) is 43.8 Å². The van der Waals surface area contributed by atoms with Crippen LogP contribution in [0.3, 0.4) is 0 Å². The van der Waals surface area contributed by atoms with Crippen molar-refractivity contribution in [2.75, 3.05) is 31.5 Å². The molecule has 1 heterocycles. The highest BCUT2D eigenvalue weighted by Crippen LogP contribution is 2.17. The number of piperidine rings is 1. The van der Waals surface area contributed by atoms with E-state index in [0.717, 1.165) is 44.5 Å². The number of hydrogen-bond donors (Lipinski definition) is 4. The van der Waals surface area contributed by atoms with Gasteiger partial charge in [0.25, 0.3) is 0 Å². The first-order valence-corrected chi connectivity index (χ1v) is 12.0. The quantitative estimate of drug-likeness (QED) is 0.441. The maximum Gasteiger partial charge on any atom is 0.315 e. The van der Waals surface area contributed by atoms with Gasteiger partial charge in [-0.2, -0.15) is 0 Å². The van der Waals surface area contributed by atoms with Gasteiger partial charge in [-0.25, -0.2) is 4.79 Å². The molecule has 32 heavy (non-hydrogen) atoms. The van der Waals surface area contributed by atoms with Crippen LogP contribution >= 0.6 is 0 Å². The van der Waals surface area contributed by atoms with Crippen LogP contribution in [0.5, 0.6) is 0 Å². The number of amides is 4. The summed E-state index contributed by atoms with van der Waals surface area (Å²) in [6, 6.07) is 9.77.